The summed E-state index contributed by atoms with van der Waals surface area (Å²) in [4.78, 5) is 13.6. The maximum Gasteiger partial charge on any atom is 0.321 e. The molecule has 2 amide bonds. The van der Waals surface area contributed by atoms with Crippen LogP contribution in [0, 0.1) is 0 Å². The first-order valence-corrected chi connectivity index (χ1v) is 6.44. The highest BCUT2D eigenvalue weighted by molar-refractivity contribution is 9.10. The molecule has 1 saturated heterocycles. The van der Waals surface area contributed by atoms with Gasteiger partial charge in [0.1, 0.15) is 0 Å². The topological polar surface area (TPSA) is 52.6 Å². The van der Waals surface area contributed by atoms with Crippen LogP contribution in [0.1, 0.15) is 12.8 Å². The van der Waals surface area contributed by atoms with Gasteiger partial charge in [-0.1, -0.05) is 22.0 Å². The van der Waals surface area contributed by atoms with Crippen molar-refractivity contribution in [2.75, 3.05) is 18.4 Å². The summed E-state index contributed by atoms with van der Waals surface area (Å²) in [5.41, 5.74) is 0.754. The van der Waals surface area contributed by atoms with E-state index in [1.54, 1.807) is 4.90 Å². The standard InChI is InChI=1S/C12H15BrN2O2/c13-9-3-1-4-10(7-9)14-12(17)15-6-2-5-11(16)8-15/h1,3-4,7,11,16H,2,5-6,8H2,(H,14,17). The molecule has 1 atom stereocenters. The number of aliphatic hydroxyl groups is 1. The Balaban J connectivity index is 1.96. The molecule has 1 aromatic rings. The molecule has 0 aromatic heterocycles. The largest absolute Gasteiger partial charge is 0.391 e. The van der Waals surface area contributed by atoms with E-state index in [0.29, 0.717) is 13.1 Å². The molecule has 0 spiro atoms. The predicted molar refractivity (Wildman–Crippen MR) is 70.0 cm³/mol. The smallest absolute Gasteiger partial charge is 0.321 e. The normalized spacial score (nSPS) is 20.1. The number of hydrogen-bond acceptors (Lipinski definition) is 2. The van der Waals surface area contributed by atoms with Gasteiger partial charge in [-0.05, 0) is 31.0 Å². The molecular weight excluding hydrogens is 284 g/mol. The summed E-state index contributed by atoms with van der Waals surface area (Å²) in [5, 5.41) is 12.3. The number of rotatable bonds is 1. The highest BCUT2D eigenvalue weighted by Gasteiger charge is 2.21. The van der Waals surface area contributed by atoms with E-state index in [1.807, 2.05) is 24.3 Å². The molecule has 1 aromatic carbocycles. The van der Waals surface area contributed by atoms with Crippen molar-refractivity contribution in [3.63, 3.8) is 0 Å². The minimum Gasteiger partial charge on any atom is -0.391 e. The maximum atomic E-state index is 11.9. The fourth-order valence-corrected chi connectivity index (χ4v) is 2.31. The van der Waals surface area contributed by atoms with Crippen LogP contribution in [0.15, 0.2) is 28.7 Å². The van der Waals surface area contributed by atoms with Crippen molar-refractivity contribution >= 4 is 27.6 Å². The molecule has 1 aliphatic heterocycles. The van der Waals surface area contributed by atoms with E-state index in [2.05, 4.69) is 21.2 Å². The summed E-state index contributed by atoms with van der Waals surface area (Å²) in [6, 6.07) is 7.30. The monoisotopic (exact) mass is 298 g/mol. The zero-order valence-corrected chi connectivity index (χ0v) is 11.0. The van der Waals surface area contributed by atoms with Crippen LogP contribution in [-0.2, 0) is 0 Å². The van der Waals surface area contributed by atoms with Gasteiger partial charge in [0.05, 0.1) is 6.10 Å². The Morgan fingerprint density at radius 1 is 1.53 bits per heavy atom. The number of carbonyl (C=O) groups is 1. The number of piperidine rings is 1. The fraction of sp³-hybridized carbons (Fsp3) is 0.417. The third-order valence-electron chi connectivity index (χ3n) is 2.76. The molecular formula is C12H15BrN2O2. The van der Waals surface area contributed by atoms with Crippen molar-refractivity contribution < 1.29 is 9.90 Å². The fourth-order valence-electron chi connectivity index (χ4n) is 1.91. The van der Waals surface area contributed by atoms with Gasteiger partial charge >= 0.3 is 6.03 Å². The van der Waals surface area contributed by atoms with Gasteiger partial charge < -0.3 is 15.3 Å². The molecule has 0 aliphatic carbocycles. The lowest BCUT2D eigenvalue weighted by Gasteiger charge is -2.30. The molecule has 1 heterocycles. The second-order valence-corrected chi connectivity index (χ2v) is 5.10. The molecule has 92 valence electrons. The third-order valence-corrected chi connectivity index (χ3v) is 3.25. The first kappa shape index (κ1) is 12.4. The molecule has 0 saturated carbocycles. The van der Waals surface area contributed by atoms with Gasteiger partial charge in [-0.25, -0.2) is 4.79 Å². The summed E-state index contributed by atoms with van der Waals surface area (Å²) >= 11 is 3.35. The first-order valence-electron chi connectivity index (χ1n) is 5.65. The lowest BCUT2D eigenvalue weighted by atomic mass is 10.1. The Kier molecular flexibility index (Phi) is 4.02. The Bertz CT molecular complexity index is 411. The van der Waals surface area contributed by atoms with E-state index < -0.39 is 6.10 Å². The molecule has 2 rings (SSSR count). The van der Waals surface area contributed by atoms with Crippen molar-refractivity contribution in [2.24, 2.45) is 0 Å². The van der Waals surface area contributed by atoms with Gasteiger partial charge in [-0.15, -0.1) is 0 Å². The number of nitrogens with zero attached hydrogens (tertiary/aromatic N) is 1. The molecule has 5 heteroatoms. The summed E-state index contributed by atoms with van der Waals surface area (Å²) < 4.78 is 0.925. The van der Waals surface area contributed by atoms with Crippen molar-refractivity contribution in [3.05, 3.63) is 28.7 Å². The average Bonchev–Trinajstić information content (AvgIpc) is 2.29. The lowest BCUT2D eigenvalue weighted by Crippen LogP contribution is -2.44. The Morgan fingerprint density at radius 2 is 2.35 bits per heavy atom. The number of carbonyl (C=O) groups excluding carboxylic acids is 1. The number of urea groups is 1. The number of likely N-dealkylation sites (tertiary alicyclic amines) is 1. The van der Waals surface area contributed by atoms with Gasteiger partial charge in [0, 0.05) is 23.2 Å². The Morgan fingerprint density at radius 3 is 3.06 bits per heavy atom. The van der Waals surface area contributed by atoms with Crippen LogP contribution in [-0.4, -0.2) is 35.2 Å². The summed E-state index contributed by atoms with van der Waals surface area (Å²) in [6.07, 6.45) is 1.24. The number of nitrogens with one attached hydrogen (secondary N) is 1. The average molecular weight is 299 g/mol. The van der Waals surface area contributed by atoms with Crippen LogP contribution in [0.25, 0.3) is 0 Å². The number of β-amino-alcohol motifs (C(OH)–C–C–N with tert-alkyl or cyclic N) is 1. The zero-order valence-electron chi connectivity index (χ0n) is 9.40. The van der Waals surface area contributed by atoms with Crippen molar-refractivity contribution in [1.82, 2.24) is 4.90 Å². The number of anilines is 1. The third kappa shape index (κ3) is 3.44. The Labute approximate surface area is 109 Å². The zero-order chi connectivity index (χ0) is 12.3. The van der Waals surface area contributed by atoms with Gasteiger partial charge in [0.2, 0.25) is 0 Å². The van der Waals surface area contributed by atoms with E-state index in [0.717, 1.165) is 23.0 Å². The molecule has 0 radical (unpaired) electrons. The van der Waals surface area contributed by atoms with Gasteiger partial charge in [-0.3, -0.25) is 0 Å². The number of benzene rings is 1. The summed E-state index contributed by atoms with van der Waals surface area (Å²) in [5.74, 6) is 0. The predicted octanol–water partition coefficient (Wildman–Crippen LogP) is 2.44. The van der Waals surface area contributed by atoms with Crippen molar-refractivity contribution in [3.8, 4) is 0 Å². The first-order chi connectivity index (χ1) is 8.15. The van der Waals surface area contributed by atoms with Gasteiger partial charge in [-0.2, -0.15) is 0 Å². The van der Waals surface area contributed by atoms with Crippen LogP contribution in [0.3, 0.4) is 0 Å². The van der Waals surface area contributed by atoms with Gasteiger partial charge in [0.25, 0.3) is 0 Å². The Hall–Kier alpha value is -1.07. The van der Waals surface area contributed by atoms with Crippen LogP contribution < -0.4 is 5.32 Å². The van der Waals surface area contributed by atoms with Crippen molar-refractivity contribution in [2.45, 2.75) is 18.9 Å². The second-order valence-electron chi connectivity index (χ2n) is 4.18. The molecule has 1 fully saturated rings. The molecule has 2 N–H and O–H groups in total. The molecule has 4 nitrogen and oxygen atoms in total. The van der Waals surface area contributed by atoms with Crippen LogP contribution in [0.5, 0.6) is 0 Å². The van der Waals surface area contributed by atoms with Crippen LogP contribution in [0.2, 0.25) is 0 Å². The van der Waals surface area contributed by atoms with Crippen LogP contribution >= 0.6 is 15.9 Å². The summed E-state index contributed by atoms with van der Waals surface area (Å²) in [6.45, 7) is 1.12. The minimum absolute atomic E-state index is 0.151. The maximum absolute atomic E-state index is 11.9. The van der Waals surface area contributed by atoms with E-state index in [4.69, 9.17) is 0 Å². The van der Waals surface area contributed by atoms with Crippen molar-refractivity contribution in [1.29, 1.82) is 0 Å². The van der Waals surface area contributed by atoms with E-state index in [-0.39, 0.29) is 6.03 Å². The van der Waals surface area contributed by atoms with Crippen LogP contribution in [0.4, 0.5) is 10.5 Å². The number of hydrogen-bond donors (Lipinski definition) is 2. The lowest BCUT2D eigenvalue weighted by molar-refractivity contribution is 0.0883. The van der Waals surface area contributed by atoms with E-state index >= 15 is 0 Å². The number of amides is 2. The SMILES string of the molecule is O=C(Nc1cccc(Br)c1)N1CCCC(O)C1. The summed E-state index contributed by atoms with van der Waals surface area (Å²) in [7, 11) is 0. The molecule has 17 heavy (non-hydrogen) atoms. The quantitative estimate of drug-likeness (QED) is 0.837. The highest BCUT2D eigenvalue weighted by atomic mass is 79.9. The van der Waals surface area contributed by atoms with E-state index in [1.165, 1.54) is 0 Å². The molecule has 1 aliphatic rings. The number of halogens is 1. The van der Waals surface area contributed by atoms with E-state index in [9.17, 15) is 9.90 Å². The number of aliphatic hydroxyl groups excluding tert-OH is 1. The molecule has 1 unspecified atom stereocenters. The minimum atomic E-state index is -0.392. The molecule has 0 bridgehead atoms. The van der Waals surface area contributed by atoms with Gasteiger partial charge in [0.15, 0.2) is 0 Å². The second kappa shape index (κ2) is 5.51. The highest BCUT2D eigenvalue weighted by Crippen LogP contribution is 2.17.